The molecule has 0 saturated carbocycles. The molecule has 2 aromatic rings. The summed E-state index contributed by atoms with van der Waals surface area (Å²) in [6.07, 6.45) is 5.21. The van der Waals surface area contributed by atoms with Crippen molar-refractivity contribution in [1.29, 1.82) is 0 Å². The van der Waals surface area contributed by atoms with E-state index in [1.54, 1.807) is 11.1 Å². The average Bonchev–Trinajstić information content (AvgIpc) is 2.64. The maximum Gasteiger partial charge on any atom is 0.272 e. The molecule has 1 aromatic heterocycles. The quantitative estimate of drug-likeness (QED) is 0.589. The molecule has 0 N–H and O–H groups in total. The highest BCUT2D eigenvalue weighted by Gasteiger charge is 2.25. The van der Waals surface area contributed by atoms with Gasteiger partial charge in [-0.15, -0.1) is 12.6 Å². The smallest absolute Gasteiger partial charge is 0.272 e. The zero-order chi connectivity index (χ0) is 20.2. The Bertz CT molecular complexity index is 830. The van der Waals surface area contributed by atoms with Crippen LogP contribution in [-0.4, -0.2) is 18.6 Å². The molecule has 6 heteroatoms. The fourth-order valence-corrected chi connectivity index (χ4v) is 3.00. The number of nitrogens with zero attached hydrogens (tertiary/aromatic N) is 3. The molecule has 0 atom stereocenters. The highest BCUT2D eigenvalue weighted by Crippen LogP contribution is 2.30. The normalized spacial score (nSPS) is 11.2. The van der Waals surface area contributed by atoms with Gasteiger partial charge in [0.05, 0.1) is 18.4 Å². The van der Waals surface area contributed by atoms with Gasteiger partial charge in [0.25, 0.3) is 5.92 Å². The van der Waals surface area contributed by atoms with E-state index in [9.17, 15) is 8.78 Å². The van der Waals surface area contributed by atoms with Gasteiger partial charge in [0, 0.05) is 42.0 Å². The number of halogens is 2. The number of likely N-dealkylation sites (N-methyl/N-ethyl adjacent to an activating group) is 1. The number of aryl methyl sites for hydroxylation is 1. The van der Waals surface area contributed by atoms with Crippen molar-refractivity contribution in [2.75, 3.05) is 23.4 Å². The van der Waals surface area contributed by atoms with Crippen molar-refractivity contribution in [3.8, 4) is 0 Å². The molecule has 0 radical (unpaired) electrons. The summed E-state index contributed by atoms with van der Waals surface area (Å²) in [7, 11) is 1.91. The van der Waals surface area contributed by atoms with Gasteiger partial charge in [-0.05, 0) is 36.4 Å². The first-order chi connectivity index (χ1) is 12.7. The molecular weight excluding hydrogens is 364 g/mol. The zero-order valence-electron chi connectivity index (χ0n) is 15.9. The summed E-state index contributed by atoms with van der Waals surface area (Å²) in [5.74, 6) is -2.95. The molecule has 0 spiro atoms. The first kappa shape index (κ1) is 21.0. The van der Waals surface area contributed by atoms with Gasteiger partial charge in [0.15, 0.2) is 0 Å². The Morgan fingerprint density at radius 2 is 1.96 bits per heavy atom. The summed E-state index contributed by atoms with van der Waals surface area (Å²) in [4.78, 5) is 8.55. The molecule has 27 heavy (non-hydrogen) atoms. The third-order valence-electron chi connectivity index (χ3n) is 4.45. The van der Waals surface area contributed by atoms with Crippen molar-refractivity contribution in [2.45, 2.75) is 31.1 Å². The van der Waals surface area contributed by atoms with Crippen LogP contribution in [0.2, 0.25) is 0 Å². The van der Waals surface area contributed by atoms with Crippen LogP contribution < -0.4 is 9.80 Å². The first-order valence-corrected chi connectivity index (χ1v) is 9.08. The molecule has 0 saturated heterocycles. The Balaban J connectivity index is 2.19. The van der Waals surface area contributed by atoms with Crippen molar-refractivity contribution < 1.29 is 8.78 Å². The molecule has 144 valence electrons. The summed E-state index contributed by atoms with van der Waals surface area (Å²) < 4.78 is 27.2. The maximum absolute atomic E-state index is 13.6. The fourth-order valence-electron chi connectivity index (χ4n) is 2.63. The minimum Gasteiger partial charge on any atom is -0.347 e. The van der Waals surface area contributed by atoms with Crippen LogP contribution in [0, 0.1) is 0 Å². The molecule has 0 unspecified atom stereocenters. The number of anilines is 2. The van der Waals surface area contributed by atoms with E-state index in [4.69, 9.17) is 0 Å². The van der Waals surface area contributed by atoms with E-state index in [1.165, 1.54) is 24.0 Å². The van der Waals surface area contributed by atoms with Crippen molar-refractivity contribution in [3.05, 3.63) is 72.8 Å². The van der Waals surface area contributed by atoms with Gasteiger partial charge < -0.3 is 9.80 Å². The Hall–Kier alpha value is -2.34. The molecule has 1 heterocycles. The minimum atomic E-state index is -2.95. The zero-order valence-corrected chi connectivity index (χ0v) is 16.8. The topological polar surface area (TPSA) is 19.4 Å². The molecule has 0 aliphatic rings. The predicted molar refractivity (Wildman–Crippen MR) is 112 cm³/mol. The summed E-state index contributed by atoms with van der Waals surface area (Å²) in [5.41, 5.74) is 3.31. The second-order valence-corrected chi connectivity index (χ2v) is 6.90. The Morgan fingerprint density at radius 3 is 2.52 bits per heavy atom. The van der Waals surface area contributed by atoms with Crippen LogP contribution in [-0.2, 0) is 12.3 Å². The number of aromatic nitrogens is 1. The van der Waals surface area contributed by atoms with Crippen molar-refractivity contribution >= 4 is 24.0 Å². The monoisotopic (exact) mass is 389 g/mol. The fraction of sp³-hybridized carbons (Fsp3) is 0.286. The number of thiol groups is 1. The van der Waals surface area contributed by atoms with Crippen LogP contribution >= 0.6 is 12.6 Å². The van der Waals surface area contributed by atoms with Crippen LogP contribution in [0.25, 0.3) is 0 Å². The minimum absolute atomic E-state index is 0.138. The lowest BCUT2D eigenvalue weighted by atomic mass is 10.1. The number of benzene rings is 1. The Kier molecular flexibility index (Phi) is 6.65. The van der Waals surface area contributed by atoms with Crippen LogP contribution in [0.5, 0.6) is 0 Å². The van der Waals surface area contributed by atoms with Crippen LogP contribution in [0.4, 0.5) is 20.2 Å². The van der Waals surface area contributed by atoms with Gasteiger partial charge in [0.1, 0.15) is 0 Å². The van der Waals surface area contributed by atoms with E-state index in [1.807, 2.05) is 30.1 Å². The first-order valence-electron chi connectivity index (χ1n) is 8.63. The van der Waals surface area contributed by atoms with Gasteiger partial charge in [0.2, 0.25) is 0 Å². The summed E-state index contributed by atoms with van der Waals surface area (Å²) in [6, 6.07) is 7.47. The van der Waals surface area contributed by atoms with Gasteiger partial charge in [-0.1, -0.05) is 26.1 Å². The number of alkyl halides is 2. The second-order valence-electron chi connectivity index (χ2n) is 6.42. The SMILES string of the molecule is C=CN(CC(=C)N(C)c1ccc(CC)c(S)c1)c1cncc(C(C)(F)F)c1. The van der Waals surface area contributed by atoms with E-state index < -0.39 is 5.92 Å². The molecular formula is C21H25F2N3S. The van der Waals surface area contributed by atoms with E-state index >= 15 is 0 Å². The molecule has 2 rings (SSSR count). The van der Waals surface area contributed by atoms with Crippen LogP contribution in [0.3, 0.4) is 0 Å². The van der Waals surface area contributed by atoms with Gasteiger partial charge in [-0.3, -0.25) is 4.98 Å². The van der Waals surface area contributed by atoms with E-state index in [-0.39, 0.29) is 5.56 Å². The third kappa shape index (κ3) is 5.10. The molecule has 0 fully saturated rings. The number of rotatable bonds is 8. The lowest BCUT2D eigenvalue weighted by Gasteiger charge is -2.28. The van der Waals surface area contributed by atoms with Gasteiger partial charge in [-0.25, -0.2) is 8.78 Å². The predicted octanol–water partition coefficient (Wildman–Crippen LogP) is 5.64. The van der Waals surface area contributed by atoms with Crippen molar-refractivity contribution in [3.63, 3.8) is 0 Å². The summed E-state index contributed by atoms with van der Waals surface area (Å²) >= 11 is 4.53. The molecule has 1 aromatic carbocycles. The second kappa shape index (κ2) is 8.57. The number of hydrogen-bond donors (Lipinski definition) is 1. The third-order valence-corrected chi connectivity index (χ3v) is 4.86. The van der Waals surface area contributed by atoms with E-state index in [0.717, 1.165) is 29.6 Å². The number of hydrogen-bond acceptors (Lipinski definition) is 4. The Labute approximate surface area is 165 Å². The maximum atomic E-state index is 13.6. The molecule has 0 bridgehead atoms. The lowest BCUT2D eigenvalue weighted by molar-refractivity contribution is 0.0171. The Morgan fingerprint density at radius 1 is 1.26 bits per heavy atom. The largest absolute Gasteiger partial charge is 0.347 e. The van der Waals surface area contributed by atoms with E-state index in [0.29, 0.717) is 12.2 Å². The standard InChI is InChI=1S/C21H25F2N3S/c1-6-16-8-9-18(11-20(16)27)25(5)15(3)14-26(7-2)19-10-17(12-24-13-19)21(4,22)23/h7-13,27H,2-3,6,14H2,1,4-5H3. The number of pyridine rings is 1. The molecule has 3 nitrogen and oxygen atoms in total. The highest BCUT2D eigenvalue weighted by atomic mass is 32.1. The van der Waals surface area contributed by atoms with Crippen LogP contribution in [0.15, 0.2) is 66.6 Å². The molecule has 0 aliphatic heterocycles. The van der Waals surface area contributed by atoms with Crippen molar-refractivity contribution in [1.82, 2.24) is 4.98 Å². The molecule has 0 aliphatic carbocycles. The van der Waals surface area contributed by atoms with Gasteiger partial charge in [-0.2, -0.15) is 0 Å². The average molecular weight is 390 g/mol. The van der Waals surface area contributed by atoms with E-state index in [2.05, 4.69) is 37.7 Å². The van der Waals surface area contributed by atoms with Gasteiger partial charge >= 0.3 is 0 Å². The summed E-state index contributed by atoms with van der Waals surface area (Å²) in [6.45, 7) is 11.2. The summed E-state index contributed by atoms with van der Waals surface area (Å²) in [5, 5.41) is 0. The van der Waals surface area contributed by atoms with Crippen LogP contribution in [0.1, 0.15) is 25.0 Å². The lowest BCUT2D eigenvalue weighted by Crippen LogP contribution is -2.27. The molecule has 0 amide bonds. The van der Waals surface area contributed by atoms with Crippen molar-refractivity contribution in [2.24, 2.45) is 0 Å². The highest BCUT2D eigenvalue weighted by molar-refractivity contribution is 7.80.